The highest BCUT2D eigenvalue weighted by Crippen LogP contribution is 2.37. The SMILES string of the molecule is C[Si](C)(C)c1ccc(N(c2ccccc2)c2ccc3ccc(-c4ccc5ccc(Br)cc5c4)cc3c2)cc1. The fourth-order valence-electron chi connectivity index (χ4n) is 5.08. The van der Waals surface area contributed by atoms with E-state index in [9.17, 15) is 0 Å². The summed E-state index contributed by atoms with van der Waals surface area (Å²) in [6, 6.07) is 46.5. The van der Waals surface area contributed by atoms with Crippen molar-refractivity contribution in [3.05, 3.63) is 132 Å². The van der Waals surface area contributed by atoms with Gasteiger partial charge in [0.05, 0.1) is 8.07 Å². The van der Waals surface area contributed by atoms with E-state index in [-0.39, 0.29) is 0 Å². The summed E-state index contributed by atoms with van der Waals surface area (Å²) in [5, 5.41) is 6.43. The Bertz CT molecular complexity index is 1750. The molecule has 186 valence electrons. The zero-order chi connectivity index (χ0) is 26.3. The van der Waals surface area contributed by atoms with Gasteiger partial charge in [0.15, 0.2) is 0 Å². The minimum Gasteiger partial charge on any atom is -0.310 e. The lowest BCUT2D eigenvalue weighted by atomic mass is 9.98. The van der Waals surface area contributed by atoms with Crippen LogP contribution in [0.25, 0.3) is 32.7 Å². The zero-order valence-corrected chi connectivity index (χ0v) is 24.5. The van der Waals surface area contributed by atoms with Crippen molar-refractivity contribution in [2.45, 2.75) is 19.6 Å². The molecule has 0 N–H and O–H groups in total. The summed E-state index contributed by atoms with van der Waals surface area (Å²) in [5.41, 5.74) is 5.94. The van der Waals surface area contributed by atoms with Crippen LogP contribution >= 0.6 is 15.9 Å². The summed E-state index contributed by atoms with van der Waals surface area (Å²) in [7, 11) is -1.37. The molecule has 0 aliphatic carbocycles. The molecule has 0 amide bonds. The van der Waals surface area contributed by atoms with Gasteiger partial charge >= 0.3 is 0 Å². The molecule has 0 aromatic heterocycles. The predicted molar refractivity (Wildman–Crippen MR) is 172 cm³/mol. The first kappa shape index (κ1) is 24.7. The second-order valence-electron chi connectivity index (χ2n) is 10.9. The maximum Gasteiger partial charge on any atom is 0.0775 e. The van der Waals surface area contributed by atoms with Gasteiger partial charge in [-0.15, -0.1) is 0 Å². The number of halogens is 1. The molecule has 6 rings (SSSR count). The van der Waals surface area contributed by atoms with Crippen molar-refractivity contribution in [3.63, 3.8) is 0 Å². The van der Waals surface area contributed by atoms with Gasteiger partial charge in [0.25, 0.3) is 0 Å². The van der Waals surface area contributed by atoms with Crippen molar-refractivity contribution in [2.24, 2.45) is 0 Å². The van der Waals surface area contributed by atoms with Crippen LogP contribution in [-0.2, 0) is 0 Å². The minimum atomic E-state index is -1.37. The topological polar surface area (TPSA) is 3.24 Å². The second kappa shape index (κ2) is 9.90. The lowest BCUT2D eigenvalue weighted by Crippen LogP contribution is -2.37. The molecule has 0 radical (unpaired) electrons. The van der Waals surface area contributed by atoms with Crippen molar-refractivity contribution in [1.29, 1.82) is 0 Å². The van der Waals surface area contributed by atoms with Gasteiger partial charge in [-0.2, -0.15) is 0 Å². The van der Waals surface area contributed by atoms with Crippen molar-refractivity contribution in [3.8, 4) is 11.1 Å². The van der Waals surface area contributed by atoms with Crippen molar-refractivity contribution in [2.75, 3.05) is 4.90 Å². The zero-order valence-electron chi connectivity index (χ0n) is 21.9. The third kappa shape index (κ3) is 4.92. The third-order valence-corrected chi connectivity index (χ3v) is 9.78. The molecule has 38 heavy (non-hydrogen) atoms. The molecule has 0 fully saturated rings. The average molecular weight is 573 g/mol. The Morgan fingerprint density at radius 3 is 1.63 bits per heavy atom. The van der Waals surface area contributed by atoms with Gasteiger partial charge < -0.3 is 4.90 Å². The molecule has 0 aliphatic rings. The van der Waals surface area contributed by atoms with Gasteiger partial charge in [-0.25, -0.2) is 0 Å². The van der Waals surface area contributed by atoms with Crippen LogP contribution in [0, 0.1) is 0 Å². The summed E-state index contributed by atoms with van der Waals surface area (Å²) in [4.78, 5) is 2.35. The number of rotatable bonds is 5. The Morgan fingerprint density at radius 1 is 0.474 bits per heavy atom. The molecule has 0 saturated carbocycles. The smallest absolute Gasteiger partial charge is 0.0775 e. The summed E-state index contributed by atoms with van der Waals surface area (Å²) in [6.45, 7) is 7.19. The average Bonchev–Trinajstić information content (AvgIpc) is 2.93. The first-order valence-corrected chi connectivity index (χ1v) is 17.3. The Kier molecular flexibility index (Phi) is 6.43. The standard InChI is InChI=1S/C35H30BrNSi/c1-38(2,3)35-19-17-33(18-20-35)37(32-7-5-4-6-8-32)34-16-14-26-10-12-28(22-30(26)24-34)27-11-9-25-13-15-31(36)23-29(25)21-27/h4-24H,1-3H3. The van der Waals surface area contributed by atoms with E-state index >= 15 is 0 Å². The lowest BCUT2D eigenvalue weighted by Gasteiger charge is -2.27. The largest absolute Gasteiger partial charge is 0.310 e. The Hall–Kier alpha value is -3.66. The second-order valence-corrected chi connectivity index (χ2v) is 16.9. The van der Waals surface area contributed by atoms with E-state index in [1.165, 1.54) is 43.5 Å². The van der Waals surface area contributed by atoms with Crippen LogP contribution in [0.5, 0.6) is 0 Å². The van der Waals surface area contributed by atoms with Crippen LogP contribution in [0.2, 0.25) is 19.6 Å². The number of fused-ring (bicyclic) bond motifs is 2. The van der Waals surface area contributed by atoms with Crippen molar-refractivity contribution >= 4 is 67.8 Å². The summed E-state index contributed by atoms with van der Waals surface area (Å²) < 4.78 is 1.10. The van der Waals surface area contributed by atoms with Gasteiger partial charge in [-0.3, -0.25) is 0 Å². The van der Waals surface area contributed by atoms with Gasteiger partial charge in [0, 0.05) is 21.5 Å². The minimum absolute atomic E-state index is 1.10. The van der Waals surface area contributed by atoms with E-state index < -0.39 is 8.07 Å². The number of benzene rings is 6. The quantitative estimate of drug-likeness (QED) is 0.186. The van der Waals surface area contributed by atoms with Crippen LogP contribution in [0.1, 0.15) is 0 Å². The molecular weight excluding hydrogens is 542 g/mol. The number of nitrogens with zero attached hydrogens (tertiary/aromatic N) is 1. The molecule has 0 aliphatic heterocycles. The Morgan fingerprint density at radius 2 is 1.00 bits per heavy atom. The highest BCUT2D eigenvalue weighted by molar-refractivity contribution is 9.10. The highest BCUT2D eigenvalue weighted by atomic mass is 79.9. The lowest BCUT2D eigenvalue weighted by molar-refractivity contribution is 1.29. The summed E-state index contributed by atoms with van der Waals surface area (Å²) in [6.07, 6.45) is 0. The van der Waals surface area contributed by atoms with E-state index in [1.54, 1.807) is 0 Å². The summed E-state index contributed by atoms with van der Waals surface area (Å²) in [5.74, 6) is 0. The van der Waals surface area contributed by atoms with Crippen LogP contribution in [0.3, 0.4) is 0 Å². The number of hydrogen-bond acceptors (Lipinski definition) is 1. The van der Waals surface area contributed by atoms with E-state index in [0.717, 1.165) is 15.8 Å². The van der Waals surface area contributed by atoms with Gasteiger partial charge in [0.2, 0.25) is 0 Å². The van der Waals surface area contributed by atoms with Crippen LogP contribution in [0.15, 0.2) is 132 Å². The van der Waals surface area contributed by atoms with Crippen LogP contribution in [-0.4, -0.2) is 8.07 Å². The van der Waals surface area contributed by atoms with Gasteiger partial charge in [-0.05, 0) is 93.3 Å². The Balaban J connectivity index is 1.45. The maximum atomic E-state index is 3.62. The van der Waals surface area contributed by atoms with Gasteiger partial charge in [0.1, 0.15) is 0 Å². The maximum absolute atomic E-state index is 3.62. The van der Waals surface area contributed by atoms with E-state index in [1.807, 2.05) is 0 Å². The van der Waals surface area contributed by atoms with E-state index in [4.69, 9.17) is 0 Å². The molecule has 6 aromatic rings. The molecule has 1 nitrogen and oxygen atoms in total. The van der Waals surface area contributed by atoms with Crippen LogP contribution < -0.4 is 10.1 Å². The van der Waals surface area contributed by atoms with E-state index in [0.29, 0.717) is 0 Å². The highest BCUT2D eigenvalue weighted by Gasteiger charge is 2.18. The predicted octanol–water partition coefficient (Wildman–Crippen LogP) is 10.4. The molecule has 6 aromatic carbocycles. The van der Waals surface area contributed by atoms with Crippen molar-refractivity contribution in [1.82, 2.24) is 0 Å². The Labute approximate surface area is 234 Å². The molecule has 0 saturated heterocycles. The fraction of sp³-hybridized carbons (Fsp3) is 0.0857. The molecule has 3 heteroatoms. The molecule has 0 atom stereocenters. The third-order valence-electron chi connectivity index (χ3n) is 7.22. The van der Waals surface area contributed by atoms with Crippen molar-refractivity contribution < 1.29 is 0 Å². The summed E-state index contributed by atoms with van der Waals surface area (Å²) >= 11 is 3.62. The molecular formula is C35H30BrNSi. The molecule has 0 bridgehead atoms. The fourth-order valence-corrected chi connectivity index (χ4v) is 6.63. The normalized spacial score (nSPS) is 11.7. The molecule has 0 unspecified atom stereocenters. The molecule has 0 spiro atoms. The van der Waals surface area contributed by atoms with E-state index in [2.05, 4.69) is 168 Å². The molecule has 0 heterocycles. The monoisotopic (exact) mass is 571 g/mol. The van der Waals surface area contributed by atoms with Crippen LogP contribution in [0.4, 0.5) is 17.1 Å². The number of anilines is 3. The first-order chi connectivity index (χ1) is 18.3. The number of para-hydroxylation sites is 1. The van der Waals surface area contributed by atoms with Gasteiger partial charge in [-0.1, -0.05) is 107 Å². The first-order valence-electron chi connectivity index (χ1n) is 13.0. The number of hydrogen-bond donors (Lipinski definition) is 0.